The van der Waals surface area contributed by atoms with E-state index in [4.69, 9.17) is 4.42 Å². The Balaban J connectivity index is 1.23. The Morgan fingerprint density at radius 2 is 2.03 bits per heavy atom. The van der Waals surface area contributed by atoms with E-state index in [1.54, 1.807) is 23.7 Å². The Morgan fingerprint density at radius 3 is 2.74 bits per heavy atom. The second-order valence-electron chi connectivity index (χ2n) is 7.34. The standard InChI is InChI=1S/C21H24N6O3S/c1-26-6-8-27(9-7-26)18-5-4-15(12-22-18)13-23-19(28)11-16-14-31-21(24-16)25-20(29)17-3-2-10-30-17/h2-5,10,12,14H,6-9,11,13H2,1H3,(H,23,28)(H,24,25,29). The number of anilines is 2. The van der Waals surface area contributed by atoms with E-state index in [0.717, 1.165) is 37.6 Å². The van der Waals surface area contributed by atoms with Crippen molar-refractivity contribution in [2.24, 2.45) is 0 Å². The fourth-order valence-corrected chi connectivity index (χ4v) is 3.89. The summed E-state index contributed by atoms with van der Waals surface area (Å²) in [6, 6.07) is 7.21. The van der Waals surface area contributed by atoms with Gasteiger partial charge in [-0.05, 0) is 30.8 Å². The molecule has 31 heavy (non-hydrogen) atoms. The first-order valence-corrected chi connectivity index (χ1v) is 10.9. The summed E-state index contributed by atoms with van der Waals surface area (Å²) in [7, 11) is 2.12. The number of hydrogen-bond acceptors (Lipinski definition) is 8. The fourth-order valence-electron chi connectivity index (χ4n) is 3.18. The molecule has 0 radical (unpaired) electrons. The maximum absolute atomic E-state index is 12.3. The van der Waals surface area contributed by atoms with Gasteiger partial charge in [-0.1, -0.05) is 6.07 Å². The summed E-state index contributed by atoms with van der Waals surface area (Å²) in [5.41, 5.74) is 1.54. The monoisotopic (exact) mass is 440 g/mol. The summed E-state index contributed by atoms with van der Waals surface area (Å²) >= 11 is 1.26. The van der Waals surface area contributed by atoms with Crippen LogP contribution in [-0.2, 0) is 17.8 Å². The molecule has 4 rings (SSSR count). The zero-order chi connectivity index (χ0) is 21.6. The summed E-state index contributed by atoms with van der Waals surface area (Å²) in [5.74, 6) is 0.664. The van der Waals surface area contributed by atoms with Gasteiger partial charge < -0.3 is 19.5 Å². The van der Waals surface area contributed by atoms with Crippen LogP contribution in [0.2, 0.25) is 0 Å². The molecule has 10 heteroatoms. The number of carbonyl (C=O) groups is 2. The molecule has 0 unspecified atom stereocenters. The van der Waals surface area contributed by atoms with Crippen LogP contribution in [0.1, 0.15) is 21.8 Å². The molecule has 162 valence electrons. The number of carbonyl (C=O) groups excluding carboxylic acids is 2. The zero-order valence-corrected chi connectivity index (χ0v) is 18.0. The van der Waals surface area contributed by atoms with Crippen molar-refractivity contribution in [1.82, 2.24) is 20.2 Å². The molecule has 1 saturated heterocycles. The first kappa shape index (κ1) is 21.0. The quantitative estimate of drug-likeness (QED) is 0.579. The third-order valence-electron chi connectivity index (χ3n) is 4.98. The van der Waals surface area contributed by atoms with Crippen molar-refractivity contribution in [2.45, 2.75) is 13.0 Å². The molecule has 9 nitrogen and oxygen atoms in total. The number of thiazole rings is 1. The van der Waals surface area contributed by atoms with Crippen molar-refractivity contribution in [3.05, 3.63) is 59.1 Å². The van der Waals surface area contributed by atoms with Gasteiger partial charge in [0.2, 0.25) is 5.91 Å². The van der Waals surface area contributed by atoms with Gasteiger partial charge in [0.15, 0.2) is 10.9 Å². The van der Waals surface area contributed by atoms with Crippen molar-refractivity contribution in [2.75, 3.05) is 43.4 Å². The molecule has 3 aromatic heterocycles. The molecule has 0 spiro atoms. The smallest absolute Gasteiger partial charge is 0.293 e. The van der Waals surface area contributed by atoms with Crippen LogP contribution in [0.15, 0.2) is 46.5 Å². The molecule has 0 aliphatic carbocycles. The fraction of sp³-hybridized carbons (Fsp3) is 0.333. The van der Waals surface area contributed by atoms with Gasteiger partial charge in [-0.2, -0.15) is 0 Å². The van der Waals surface area contributed by atoms with Crippen molar-refractivity contribution < 1.29 is 14.0 Å². The van der Waals surface area contributed by atoms with Crippen LogP contribution >= 0.6 is 11.3 Å². The van der Waals surface area contributed by atoms with Gasteiger partial charge >= 0.3 is 0 Å². The number of nitrogens with one attached hydrogen (secondary N) is 2. The highest BCUT2D eigenvalue weighted by molar-refractivity contribution is 7.14. The van der Waals surface area contributed by atoms with E-state index < -0.39 is 0 Å². The van der Waals surface area contributed by atoms with Gasteiger partial charge in [-0.3, -0.25) is 14.9 Å². The molecule has 3 aromatic rings. The van der Waals surface area contributed by atoms with Gasteiger partial charge in [0.05, 0.1) is 18.4 Å². The van der Waals surface area contributed by atoms with Crippen LogP contribution < -0.4 is 15.5 Å². The van der Waals surface area contributed by atoms with Crippen molar-refractivity contribution in [3.63, 3.8) is 0 Å². The number of rotatable bonds is 7. The average Bonchev–Trinajstić information content (AvgIpc) is 3.46. The van der Waals surface area contributed by atoms with Crippen LogP contribution in [-0.4, -0.2) is 59.9 Å². The number of amides is 2. The molecule has 0 aromatic carbocycles. The van der Waals surface area contributed by atoms with Crippen molar-refractivity contribution in [3.8, 4) is 0 Å². The molecule has 2 amide bonds. The van der Waals surface area contributed by atoms with E-state index in [2.05, 4.69) is 37.4 Å². The molecule has 0 bridgehead atoms. The van der Waals surface area contributed by atoms with Crippen molar-refractivity contribution in [1.29, 1.82) is 0 Å². The highest BCUT2D eigenvalue weighted by Gasteiger charge is 2.15. The summed E-state index contributed by atoms with van der Waals surface area (Å²) in [4.78, 5) is 37.6. The number of aromatic nitrogens is 2. The molecule has 1 aliphatic heterocycles. The van der Waals surface area contributed by atoms with Gasteiger partial charge in [0.1, 0.15) is 5.82 Å². The third kappa shape index (κ3) is 5.68. The minimum Gasteiger partial charge on any atom is -0.459 e. The van der Waals surface area contributed by atoms with E-state index in [1.165, 1.54) is 17.6 Å². The lowest BCUT2D eigenvalue weighted by Gasteiger charge is -2.33. The van der Waals surface area contributed by atoms with E-state index in [0.29, 0.717) is 17.4 Å². The minimum absolute atomic E-state index is 0.139. The Labute approximate surface area is 184 Å². The van der Waals surface area contributed by atoms with Gasteiger partial charge in [-0.15, -0.1) is 11.3 Å². The lowest BCUT2D eigenvalue weighted by atomic mass is 10.2. The predicted molar refractivity (Wildman–Crippen MR) is 118 cm³/mol. The molecule has 0 saturated carbocycles. The van der Waals surface area contributed by atoms with E-state index in [-0.39, 0.29) is 24.0 Å². The van der Waals surface area contributed by atoms with Gasteiger partial charge in [0.25, 0.3) is 5.91 Å². The number of hydrogen-bond donors (Lipinski definition) is 2. The second kappa shape index (κ2) is 9.71. The number of pyridine rings is 1. The van der Waals surface area contributed by atoms with Crippen LogP contribution in [0, 0.1) is 0 Å². The number of furan rings is 1. The lowest BCUT2D eigenvalue weighted by Crippen LogP contribution is -2.44. The normalized spacial score (nSPS) is 14.4. The topological polar surface area (TPSA) is 104 Å². The Kier molecular flexibility index (Phi) is 6.58. The lowest BCUT2D eigenvalue weighted by molar-refractivity contribution is -0.120. The zero-order valence-electron chi connectivity index (χ0n) is 17.2. The molecule has 0 atom stereocenters. The number of likely N-dealkylation sites (N-methyl/N-ethyl adjacent to an activating group) is 1. The molecular weight excluding hydrogens is 416 g/mol. The second-order valence-corrected chi connectivity index (χ2v) is 8.20. The molecule has 4 heterocycles. The highest BCUT2D eigenvalue weighted by atomic mass is 32.1. The Hall–Kier alpha value is -3.24. The van der Waals surface area contributed by atoms with Gasteiger partial charge in [0, 0.05) is 44.3 Å². The van der Waals surface area contributed by atoms with E-state index in [9.17, 15) is 9.59 Å². The van der Waals surface area contributed by atoms with Crippen LogP contribution in [0.4, 0.5) is 10.9 Å². The van der Waals surface area contributed by atoms with Crippen LogP contribution in [0.25, 0.3) is 0 Å². The summed E-state index contributed by atoms with van der Waals surface area (Å²) < 4.78 is 5.05. The summed E-state index contributed by atoms with van der Waals surface area (Å²) in [6.07, 6.45) is 3.38. The molecular formula is C21H24N6O3S. The Morgan fingerprint density at radius 1 is 1.19 bits per heavy atom. The summed E-state index contributed by atoms with van der Waals surface area (Å²) in [5, 5.41) is 7.72. The first-order chi connectivity index (χ1) is 15.1. The third-order valence-corrected chi connectivity index (χ3v) is 5.79. The summed E-state index contributed by atoms with van der Waals surface area (Å²) in [6.45, 7) is 4.41. The number of nitrogens with zero attached hydrogens (tertiary/aromatic N) is 4. The van der Waals surface area contributed by atoms with E-state index in [1.807, 2.05) is 12.1 Å². The van der Waals surface area contributed by atoms with Crippen LogP contribution in [0.5, 0.6) is 0 Å². The minimum atomic E-state index is -0.372. The first-order valence-electron chi connectivity index (χ1n) is 10.0. The maximum atomic E-state index is 12.3. The SMILES string of the molecule is CN1CCN(c2ccc(CNC(=O)Cc3csc(NC(=O)c4ccco4)n3)cn2)CC1. The average molecular weight is 441 g/mol. The molecule has 1 aliphatic rings. The molecule has 2 N–H and O–H groups in total. The largest absolute Gasteiger partial charge is 0.459 e. The van der Waals surface area contributed by atoms with Gasteiger partial charge in [-0.25, -0.2) is 9.97 Å². The maximum Gasteiger partial charge on any atom is 0.293 e. The predicted octanol–water partition coefficient (Wildman–Crippen LogP) is 1.99. The highest BCUT2D eigenvalue weighted by Crippen LogP contribution is 2.17. The number of piperazine rings is 1. The van der Waals surface area contributed by atoms with Crippen LogP contribution in [0.3, 0.4) is 0 Å². The Bertz CT molecular complexity index is 1010. The molecule has 1 fully saturated rings. The van der Waals surface area contributed by atoms with E-state index >= 15 is 0 Å². The van der Waals surface area contributed by atoms with Crippen molar-refractivity contribution >= 4 is 34.1 Å².